The maximum atomic E-state index is 12.7. The average molecular weight is 440 g/mol. The minimum absolute atomic E-state index is 0.0824. The summed E-state index contributed by atoms with van der Waals surface area (Å²) in [5.74, 6) is 2.62. The summed E-state index contributed by atoms with van der Waals surface area (Å²) in [5.41, 5.74) is -1.65. The van der Waals surface area contributed by atoms with Crippen LogP contribution in [0.4, 0.5) is 19.0 Å². The van der Waals surface area contributed by atoms with Gasteiger partial charge in [0.2, 0.25) is 5.89 Å². The topological polar surface area (TPSA) is 42.2 Å². The molecule has 1 fully saturated rings. The molecule has 0 aliphatic heterocycles. The van der Waals surface area contributed by atoms with Gasteiger partial charge in [-0.25, -0.2) is 9.97 Å². The molecule has 1 aliphatic carbocycles. The zero-order valence-electron chi connectivity index (χ0n) is 16.2. The highest BCUT2D eigenvalue weighted by molar-refractivity contribution is 8.00. The molecule has 0 saturated heterocycles. The van der Waals surface area contributed by atoms with Gasteiger partial charge in [-0.2, -0.15) is 13.2 Å². The number of hydrogen-bond acceptors (Lipinski definition) is 6. The number of thioether (sulfide) groups is 2. The number of halogens is 3. The first-order valence-electron chi connectivity index (χ1n) is 9.27. The minimum Gasteiger partial charge on any atom is -0.435 e. The van der Waals surface area contributed by atoms with Crippen molar-refractivity contribution in [2.45, 2.75) is 41.0 Å². The summed E-state index contributed by atoms with van der Waals surface area (Å²) in [4.78, 5) is 12.4. The predicted octanol–water partition coefficient (Wildman–Crippen LogP) is 6.56. The molecule has 1 saturated carbocycles. The fraction of sp³-hybridized carbons (Fsp3) is 0.400. The minimum atomic E-state index is -4.34. The van der Waals surface area contributed by atoms with Crippen molar-refractivity contribution in [2.75, 3.05) is 24.7 Å². The molecule has 3 aromatic rings. The zero-order valence-corrected chi connectivity index (χ0v) is 17.8. The first-order chi connectivity index (χ1) is 13.7. The van der Waals surface area contributed by atoms with Crippen LogP contribution >= 0.6 is 23.5 Å². The van der Waals surface area contributed by atoms with Crippen molar-refractivity contribution in [3.05, 3.63) is 29.8 Å². The Labute approximate surface area is 175 Å². The van der Waals surface area contributed by atoms with Crippen LogP contribution in [-0.4, -0.2) is 35.3 Å². The van der Waals surface area contributed by atoms with Crippen LogP contribution in [0.5, 0.6) is 0 Å². The zero-order chi connectivity index (χ0) is 20.8. The number of alkyl halides is 3. The molecule has 1 aliphatic rings. The maximum absolute atomic E-state index is 12.7. The number of fused-ring (bicyclic) bond motifs is 1. The summed E-state index contributed by atoms with van der Waals surface area (Å²) in [6, 6.07) is 6.49. The molecule has 4 nitrogen and oxygen atoms in total. The van der Waals surface area contributed by atoms with Gasteiger partial charge >= 0.3 is 5.51 Å². The fourth-order valence-corrected chi connectivity index (χ4v) is 4.54. The molecule has 9 heteroatoms. The Bertz CT molecular complexity index is 1050. The lowest BCUT2D eigenvalue weighted by atomic mass is 10.1. The molecule has 2 aromatic heterocycles. The molecule has 2 heterocycles. The third-order valence-corrected chi connectivity index (χ3v) is 6.16. The normalized spacial score (nSPS) is 14.6. The van der Waals surface area contributed by atoms with Crippen LogP contribution in [-0.2, 0) is 0 Å². The number of aromatic nitrogens is 2. The van der Waals surface area contributed by atoms with E-state index in [2.05, 4.69) is 18.0 Å². The molecular formula is C20H20F3N3OS2. The molecule has 1 aromatic carbocycles. The van der Waals surface area contributed by atoms with Crippen LogP contribution < -0.4 is 4.90 Å². The molecule has 29 heavy (non-hydrogen) atoms. The Hall–Kier alpha value is -1.87. The molecule has 4 rings (SSSR count). The van der Waals surface area contributed by atoms with E-state index in [0.717, 1.165) is 16.5 Å². The van der Waals surface area contributed by atoms with Crippen molar-refractivity contribution in [1.29, 1.82) is 0 Å². The first-order valence-corrected chi connectivity index (χ1v) is 11.1. The van der Waals surface area contributed by atoms with Crippen LogP contribution in [0.15, 0.2) is 38.5 Å². The van der Waals surface area contributed by atoms with Crippen molar-refractivity contribution in [3.8, 4) is 11.6 Å². The van der Waals surface area contributed by atoms with Gasteiger partial charge in [0, 0.05) is 23.9 Å². The standard InChI is InChI=1S/C20H20F3N3OS2/c1-4-28-16-10-13(11-5-6-11)18(26(2)3)25-17(16)19-24-14-9-12(29-20(21,22)23)7-8-15(14)27-19/h7-11H,4-6H2,1-3H3. The van der Waals surface area contributed by atoms with Gasteiger partial charge in [-0.15, -0.1) is 11.8 Å². The summed E-state index contributed by atoms with van der Waals surface area (Å²) < 4.78 is 43.9. The van der Waals surface area contributed by atoms with Crippen molar-refractivity contribution in [3.63, 3.8) is 0 Å². The summed E-state index contributed by atoms with van der Waals surface area (Å²) in [7, 11) is 3.91. The number of nitrogens with zero attached hydrogens (tertiary/aromatic N) is 3. The van der Waals surface area contributed by atoms with E-state index in [9.17, 15) is 13.2 Å². The van der Waals surface area contributed by atoms with Gasteiger partial charge in [0.15, 0.2) is 5.58 Å². The van der Waals surface area contributed by atoms with Crippen LogP contribution in [0, 0.1) is 0 Å². The second kappa shape index (κ2) is 7.75. The van der Waals surface area contributed by atoms with Gasteiger partial charge < -0.3 is 9.32 Å². The predicted molar refractivity (Wildman–Crippen MR) is 112 cm³/mol. The van der Waals surface area contributed by atoms with Crippen LogP contribution in [0.3, 0.4) is 0 Å². The van der Waals surface area contributed by atoms with E-state index in [4.69, 9.17) is 9.40 Å². The Morgan fingerprint density at radius 1 is 1.17 bits per heavy atom. The van der Waals surface area contributed by atoms with E-state index in [1.807, 2.05) is 19.0 Å². The number of oxazole rings is 1. The molecule has 0 unspecified atom stereocenters. The van der Waals surface area contributed by atoms with E-state index in [1.54, 1.807) is 11.8 Å². The van der Waals surface area contributed by atoms with Gasteiger partial charge in [0.1, 0.15) is 17.0 Å². The van der Waals surface area contributed by atoms with Gasteiger partial charge in [0.05, 0.1) is 0 Å². The lowest BCUT2D eigenvalue weighted by Gasteiger charge is -2.18. The quantitative estimate of drug-likeness (QED) is 0.405. The Balaban J connectivity index is 1.80. The second-order valence-corrected chi connectivity index (χ2v) is 9.49. The third-order valence-electron chi connectivity index (χ3n) is 4.53. The van der Waals surface area contributed by atoms with Crippen molar-refractivity contribution in [1.82, 2.24) is 9.97 Å². The first kappa shape index (κ1) is 20.4. The number of rotatable bonds is 6. The molecule has 0 atom stereocenters. The van der Waals surface area contributed by atoms with E-state index >= 15 is 0 Å². The van der Waals surface area contributed by atoms with E-state index in [-0.39, 0.29) is 16.7 Å². The fourth-order valence-electron chi connectivity index (χ4n) is 3.18. The van der Waals surface area contributed by atoms with Gasteiger partial charge in [0.25, 0.3) is 0 Å². The molecule has 0 spiro atoms. The molecule has 0 N–H and O–H groups in total. The molecule has 154 valence electrons. The van der Waals surface area contributed by atoms with Crippen LogP contribution in [0.1, 0.15) is 31.2 Å². The third kappa shape index (κ3) is 4.50. The van der Waals surface area contributed by atoms with Gasteiger partial charge in [-0.3, -0.25) is 0 Å². The summed E-state index contributed by atoms with van der Waals surface area (Å²) in [6.45, 7) is 2.07. The summed E-state index contributed by atoms with van der Waals surface area (Å²) in [5, 5.41) is 0. The van der Waals surface area contributed by atoms with Crippen molar-refractivity contribution < 1.29 is 17.6 Å². The highest BCUT2D eigenvalue weighted by Gasteiger charge is 2.31. The number of pyridine rings is 1. The largest absolute Gasteiger partial charge is 0.446 e. The Morgan fingerprint density at radius 3 is 2.55 bits per heavy atom. The number of benzene rings is 1. The Kier molecular flexibility index (Phi) is 5.46. The highest BCUT2D eigenvalue weighted by atomic mass is 32.2. The highest BCUT2D eigenvalue weighted by Crippen LogP contribution is 2.46. The monoisotopic (exact) mass is 439 g/mol. The van der Waals surface area contributed by atoms with E-state index < -0.39 is 5.51 Å². The van der Waals surface area contributed by atoms with Gasteiger partial charge in [-0.1, -0.05) is 6.92 Å². The molecule has 0 bridgehead atoms. The van der Waals surface area contributed by atoms with E-state index in [1.165, 1.54) is 36.6 Å². The Morgan fingerprint density at radius 2 is 1.93 bits per heavy atom. The second-order valence-electron chi connectivity index (χ2n) is 7.05. The summed E-state index contributed by atoms with van der Waals surface area (Å²) >= 11 is 1.51. The number of hydrogen-bond donors (Lipinski definition) is 0. The van der Waals surface area contributed by atoms with Crippen LogP contribution in [0.2, 0.25) is 0 Å². The smallest absolute Gasteiger partial charge is 0.435 e. The van der Waals surface area contributed by atoms with Crippen molar-refractivity contribution >= 4 is 40.4 Å². The maximum Gasteiger partial charge on any atom is 0.446 e. The van der Waals surface area contributed by atoms with Crippen molar-refractivity contribution in [2.24, 2.45) is 0 Å². The number of anilines is 1. The summed E-state index contributed by atoms with van der Waals surface area (Å²) in [6.07, 6.45) is 2.33. The lowest BCUT2D eigenvalue weighted by Crippen LogP contribution is -2.14. The SMILES string of the molecule is CCSc1cc(C2CC2)c(N(C)C)nc1-c1nc2cc(SC(F)(F)F)ccc2o1. The molecule has 0 radical (unpaired) electrons. The average Bonchev–Trinajstić information content (AvgIpc) is 3.39. The molecule has 0 amide bonds. The van der Waals surface area contributed by atoms with Crippen LogP contribution in [0.25, 0.3) is 22.7 Å². The molecular weight excluding hydrogens is 419 g/mol. The van der Waals surface area contributed by atoms with Gasteiger partial charge in [-0.05, 0) is 66.1 Å². The van der Waals surface area contributed by atoms with E-state index in [0.29, 0.717) is 28.6 Å². The lowest BCUT2D eigenvalue weighted by molar-refractivity contribution is -0.0328.